The molecule has 0 amide bonds. The predicted molar refractivity (Wildman–Crippen MR) is 62.6 cm³/mol. The van der Waals surface area contributed by atoms with Crippen LogP contribution in [0.3, 0.4) is 0 Å². The van der Waals surface area contributed by atoms with Crippen LogP contribution in [0, 0.1) is 0 Å². The van der Waals surface area contributed by atoms with Crippen LogP contribution in [-0.4, -0.2) is 19.3 Å². The van der Waals surface area contributed by atoms with Gasteiger partial charge in [0.2, 0.25) is 0 Å². The van der Waals surface area contributed by atoms with E-state index in [0.29, 0.717) is 11.3 Å². The highest BCUT2D eigenvalue weighted by molar-refractivity contribution is 5.31. The van der Waals surface area contributed by atoms with Crippen LogP contribution >= 0.6 is 0 Å². The summed E-state index contributed by atoms with van der Waals surface area (Å²) in [6, 6.07) is 6.15. The summed E-state index contributed by atoms with van der Waals surface area (Å²) in [7, 11) is 1.53. The first kappa shape index (κ1) is 13.2. The van der Waals surface area contributed by atoms with E-state index >= 15 is 0 Å². The number of benzene rings is 1. The van der Waals surface area contributed by atoms with E-state index in [1.807, 2.05) is 0 Å². The van der Waals surface area contributed by atoms with Gasteiger partial charge in [0.25, 0.3) is 0 Å². The third-order valence-corrected chi connectivity index (χ3v) is 2.87. The molecule has 0 radical (unpaired) electrons. The van der Waals surface area contributed by atoms with Crippen LogP contribution in [0.5, 0.6) is 5.75 Å². The Labute approximate surface area is 104 Å². The monoisotopic (exact) mass is 259 g/mol. The molecule has 1 N–H and O–H groups in total. The third kappa shape index (κ3) is 3.91. The van der Waals surface area contributed by atoms with Gasteiger partial charge in [-0.3, -0.25) is 0 Å². The zero-order valence-corrected chi connectivity index (χ0v) is 10.1. The van der Waals surface area contributed by atoms with Crippen LogP contribution in [0.25, 0.3) is 0 Å². The number of ether oxygens (including phenoxy) is 1. The van der Waals surface area contributed by atoms with Crippen molar-refractivity contribution in [1.29, 1.82) is 0 Å². The summed E-state index contributed by atoms with van der Waals surface area (Å²) in [5, 5.41) is 2.70. The highest BCUT2D eigenvalue weighted by atomic mass is 19.4. The van der Waals surface area contributed by atoms with Gasteiger partial charge in [-0.05, 0) is 37.6 Å². The molecule has 5 heteroatoms. The maximum atomic E-state index is 12.4. The average Bonchev–Trinajstić information content (AvgIpc) is 3.09. The summed E-state index contributed by atoms with van der Waals surface area (Å²) in [6.45, 7) is 0. The molecular formula is C13H16F3NO. The van der Waals surface area contributed by atoms with E-state index in [0.717, 1.165) is 12.8 Å². The smallest absolute Gasteiger partial charge is 0.390 e. The molecule has 1 saturated carbocycles. The zero-order valence-electron chi connectivity index (χ0n) is 10.1. The minimum absolute atomic E-state index is 0.246. The number of halogens is 3. The molecule has 0 heterocycles. The molecule has 1 unspecified atom stereocenters. The van der Waals surface area contributed by atoms with Crippen molar-refractivity contribution in [3.05, 3.63) is 29.8 Å². The second-order valence-corrected chi connectivity index (χ2v) is 4.55. The lowest BCUT2D eigenvalue weighted by atomic mass is 10.0. The fraction of sp³-hybridized carbons (Fsp3) is 0.538. The number of nitrogens with one attached hydrogen (secondary N) is 1. The molecule has 1 aliphatic rings. The lowest BCUT2D eigenvalue weighted by molar-refractivity contribution is -0.140. The number of alkyl halides is 3. The van der Waals surface area contributed by atoms with Gasteiger partial charge < -0.3 is 10.1 Å². The second-order valence-electron chi connectivity index (χ2n) is 4.55. The van der Waals surface area contributed by atoms with Crippen LogP contribution in [-0.2, 0) is 0 Å². The normalized spacial score (nSPS) is 17.6. The fourth-order valence-corrected chi connectivity index (χ4v) is 1.80. The Morgan fingerprint density at radius 3 is 2.67 bits per heavy atom. The number of hydrogen-bond acceptors (Lipinski definition) is 2. The van der Waals surface area contributed by atoms with Crippen LogP contribution in [0.15, 0.2) is 24.3 Å². The summed E-state index contributed by atoms with van der Waals surface area (Å²) in [5.74, 6) is 0.650. The summed E-state index contributed by atoms with van der Waals surface area (Å²) in [6.07, 6.45) is -2.75. The van der Waals surface area contributed by atoms with E-state index in [2.05, 4.69) is 5.32 Å². The van der Waals surface area contributed by atoms with Crippen molar-refractivity contribution in [3.63, 3.8) is 0 Å². The van der Waals surface area contributed by atoms with Gasteiger partial charge in [-0.25, -0.2) is 0 Å². The molecular weight excluding hydrogens is 243 g/mol. The van der Waals surface area contributed by atoms with Crippen molar-refractivity contribution >= 4 is 0 Å². The van der Waals surface area contributed by atoms with Crippen LogP contribution in [0.4, 0.5) is 13.2 Å². The minimum atomic E-state index is -4.18. The van der Waals surface area contributed by atoms with E-state index in [-0.39, 0.29) is 6.10 Å². The Kier molecular flexibility index (Phi) is 3.80. The molecule has 1 fully saturated rings. The van der Waals surface area contributed by atoms with Crippen molar-refractivity contribution in [3.8, 4) is 5.75 Å². The van der Waals surface area contributed by atoms with Crippen LogP contribution < -0.4 is 10.1 Å². The van der Waals surface area contributed by atoms with Gasteiger partial charge in [-0.2, -0.15) is 13.2 Å². The summed E-state index contributed by atoms with van der Waals surface area (Å²) in [4.78, 5) is 0. The average molecular weight is 259 g/mol. The Bertz CT molecular complexity index is 401. The highest BCUT2D eigenvalue weighted by Gasteiger charge is 2.32. The molecule has 1 aromatic rings. The molecule has 1 atom stereocenters. The lowest BCUT2D eigenvalue weighted by Gasteiger charge is -2.19. The molecule has 0 spiro atoms. The Balaban J connectivity index is 2.08. The molecule has 0 bridgehead atoms. The first-order valence-corrected chi connectivity index (χ1v) is 5.98. The molecule has 100 valence electrons. The van der Waals surface area contributed by atoms with E-state index in [9.17, 15) is 13.2 Å². The van der Waals surface area contributed by atoms with Gasteiger partial charge in [0.15, 0.2) is 0 Å². The quantitative estimate of drug-likeness (QED) is 0.874. The molecule has 2 nitrogen and oxygen atoms in total. The highest BCUT2D eigenvalue weighted by Crippen LogP contribution is 2.32. The van der Waals surface area contributed by atoms with E-state index in [4.69, 9.17) is 4.74 Å². The topological polar surface area (TPSA) is 21.3 Å². The van der Waals surface area contributed by atoms with E-state index in [1.54, 1.807) is 24.3 Å². The Hall–Kier alpha value is -1.23. The predicted octanol–water partition coefficient (Wildman–Crippen LogP) is 3.44. The first-order chi connectivity index (χ1) is 8.48. The molecule has 0 saturated heterocycles. The van der Waals surface area contributed by atoms with Crippen molar-refractivity contribution in [2.45, 2.75) is 37.6 Å². The first-order valence-electron chi connectivity index (χ1n) is 5.98. The third-order valence-electron chi connectivity index (χ3n) is 2.87. The lowest BCUT2D eigenvalue weighted by Crippen LogP contribution is -2.23. The van der Waals surface area contributed by atoms with Gasteiger partial charge in [0, 0.05) is 6.04 Å². The fourth-order valence-electron chi connectivity index (χ4n) is 1.80. The van der Waals surface area contributed by atoms with E-state index in [1.165, 1.54) is 7.05 Å². The molecule has 1 aromatic carbocycles. The number of rotatable bonds is 5. The zero-order chi connectivity index (χ0) is 13.2. The molecule has 0 aliphatic heterocycles. The van der Waals surface area contributed by atoms with Crippen LogP contribution in [0.2, 0.25) is 0 Å². The SMILES string of the molecule is CNC(CC(F)(F)F)c1cccc(OC2CC2)c1. The second kappa shape index (κ2) is 5.18. The maximum Gasteiger partial charge on any atom is 0.390 e. The Morgan fingerprint density at radius 1 is 1.39 bits per heavy atom. The van der Waals surface area contributed by atoms with Gasteiger partial charge in [-0.1, -0.05) is 12.1 Å². The van der Waals surface area contributed by atoms with Gasteiger partial charge >= 0.3 is 6.18 Å². The molecule has 2 rings (SSSR count). The van der Waals surface area contributed by atoms with Crippen molar-refractivity contribution < 1.29 is 17.9 Å². The van der Waals surface area contributed by atoms with Gasteiger partial charge in [-0.15, -0.1) is 0 Å². The van der Waals surface area contributed by atoms with Crippen LogP contribution in [0.1, 0.15) is 30.9 Å². The van der Waals surface area contributed by atoms with Gasteiger partial charge in [0.05, 0.1) is 12.5 Å². The van der Waals surface area contributed by atoms with E-state index < -0.39 is 18.6 Å². The Morgan fingerprint density at radius 2 is 2.11 bits per heavy atom. The summed E-state index contributed by atoms with van der Waals surface area (Å²) >= 11 is 0. The van der Waals surface area contributed by atoms with Crippen molar-refractivity contribution in [2.75, 3.05) is 7.05 Å². The summed E-state index contributed by atoms with van der Waals surface area (Å²) < 4.78 is 42.9. The molecule has 18 heavy (non-hydrogen) atoms. The minimum Gasteiger partial charge on any atom is -0.490 e. The largest absolute Gasteiger partial charge is 0.490 e. The van der Waals surface area contributed by atoms with Gasteiger partial charge in [0.1, 0.15) is 5.75 Å². The molecule has 1 aliphatic carbocycles. The van der Waals surface area contributed by atoms with Crippen molar-refractivity contribution in [1.82, 2.24) is 5.32 Å². The maximum absolute atomic E-state index is 12.4. The molecule has 0 aromatic heterocycles. The van der Waals surface area contributed by atoms with Crippen molar-refractivity contribution in [2.24, 2.45) is 0 Å². The summed E-state index contributed by atoms with van der Waals surface area (Å²) in [5.41, 5.74) is 0.605. The standard InChI is InChI=1S/C13H16F3NO/c1-17-12(8-13(14,15)16)9-3-2-4-11(7-9)18-10-5-6-10/h2-4,7,10,12,17H,5-6,8H2,1H3. The number of hydrogen-bond donors (Lipinski definition) is 1.